The average Bonchev–Trinajstić information content (AvgIpc) is 2.70. The second-order valence-electron chi connectivity index (χ2n) is 3.91. The van der Waals surface area contributed by atoms with E-state index in [1.807, 2.05) is 0 Å². The van der Waals surface area contributed by atoms with Crippen LogP contribution in [0.1, 0.15) is 6.42 Å². The molecule has 1 saturated heterocycles. The number of anilines is 1. The third-order valence-corrected chi connectivity index (χ3v) is 2.81. The molecular weight excluding hydrogens is 213 g/mol. The number of aromatic hydroxyl groups is 1. The summed E-state index contributed by atoms with van der Waals surface area (Å²) >= 11 is 0. The fourth-order valence-electron chi connectivity index (χ4n) is 1.92. The van der Waals surface area contributed by atoms with Gasteiger partial charge in [-0.3, -0.25) is 4.79 Å². The lowest BCUT2D eigenvalue weighted by Gasteiger charge is -2.18. The molecule has 0 aromatic heterocycles. The number of hydrogen-bond donors (Lipinski definition) is 2. The molecule has 5 heteroatoms. The minimum absolute atomic E-state index is 0.0184. The van der Waals surface area contributed by atoms with Crippen LogP contribution in [0.25, 0.3) is 0 Å². The molecule has 2 rings (SSSR count). The molecule has 86 valence electrons. The van der Waals surface area contributed by atoms with Crippen molar-refractivity contribution in [2.24, 2.45) is 5.92 Å². The van der Waals surface area contributed by atoms with Crippen LogP contribution < -0.4 is 4.90 Å². The predicted octanol–water partition coefficient (Wildman–Crippen LogP) is 1.44. The molecule has 1 aromatic rings. The molecule has 1 atom stereocenters. The summed E-state index contributed by atoms with van der Waals surface area (Å²) in [5.41, 5.74) is 0.267. The van der Waals surface area contributed by atoms with Gasteiger partial charge in [0, 0.05) is 19.2 Å². The minimum atomic E-state index is -0.858. The van der Waals surface area contributed by atoms with Crippen LogP contribution in [0.5, 0.6) is 5.75 Å². The molecule has 0 spiro atoms. The number of rotatable bonds is 2. The number of hydrogen-bond acceptors (Lipinski definition) is 3. The first kappa shape index (κ1) is 10.7. The van der Waals surface area contributed by atoms with Gasteiger partial charge >= 0.3 is 5.97 Å². The fraction of sp³-hybridized carbons (Fsp3) is 0.364. The van der Waals surface area contributed by atoms with Crippen molar-refractivity contribution in [3.8, 4) is 5.75 Å². The lowest BCUT2D eigenvalue weighted by molar-refractivity contribution is -0.140. The van der Waals surface area contributed by atoms with E-state index in [1.165, 1.54) is 18.2 Å². The summed E-state index contributed by atoms with van der Waals surface area (Å²) in [7, 11) is 0. The zero-order valence-corrected chi connectivity index (χ0v) is 8.56. The SMILES string of the molecule is O=C(O)C1CCN(c2cc(O)ccc2F)C1. The molecule has 2 N–H and O–H groups in total. The lowest BCUT2D eigenvalue weighted by Crippen LogP contribution is -2.23. The van der Waals surface area contributed by atoms with Gasteiger partial charge in [-0.05, 0) is 18.6 Å². The normalized spacial score (nSPS) is 20.1. The largest absolute Gasteiger partial charge is 0.508 e. The Morgan fingerprint density at radius 3 is 2.88 bits per heavy atom. The van der Waals surface area contributed by atoms with Gasteiger partial charge < -0.3 is 15.1 Å². The molecule has 1 unspecified atom stereocenters. The maximum Gasteiger partial charge on any atom is 0.308 e. The molecule has 1 aromatic carbocycles. The monoisotopic (exact) mass is 225 g/mol. The van der Waals surface area contributed by atoms with E-state index in [0.29, 0.717) is 13.0 Å². The lowest BCUT2D eigenvalue weighted by atomic mass is 10.1. The molecule has 4 nitrogen and oxygen atoms in total. The van der Waals surface area contributed by atoms with E-state index < -0.39 is 17.7 Å². The number of nitrogens with zero attached hydrogens (tertiary/aromatic N) is 1. The molecular formula is C11H12FNO3. The van der Waals surface area contributed by atoms with E-state index in [1.54, 1.807) is 4.90 Å². The van der Waals surface area contributed by atoms with Gasteiger partial charge in [-0.25, -0.2) is 4.39 Å². The van der Waals surface area contributed by atoms with Gasteiger partial charge in [0.05, 0.1) is 11.6 Å². The Hall–Kier alpha value is -1.78. The van der Waals surface area contributed by atoms with Crippen LogP contribution in [0.15, 0.2) is 18.2 Å². The molecule has 16 heavy (non-hydrogen) atoms. The van der Waals surface area contributed by atoms with Crippen molar-refractivity contribution in [1.29, 1.82) is 0 Å². The summed E-state index contributed by atoms with van der Waals surface area (Å²) in [6, 6.07) is 3.77. The maximum absolute atomic E-state index is 13.4. The van der Waals surface area contributed by atoms with Crippen molar-refractivity contribution in [1.82, 2.24) is 0 Å². The highest BCUT2D eigenvalue weighted by Crippen LogP contribution is 2.29. The molecule has 0 bridgehead atoms. The van der Waals surface area contributed by atoms with E-state index in [-0.39, 0.29) is 18.0 Å². The van der Waals surface area contributed by atoms with Gasteiger partial charge in [0.25, 0.3) is 0 Å². The smallest absolute Gasteiger partial charge is 0.308 e. The fourth-order valence-corrected chi connectivity index (χ4v) is 1.92. The minimum Gasteiger partial charge on any atom is -0.508 e. The Bertz CT molecular complexity index is 422. The van der Waals surface area contributed by atoms with Gasteiger partial charge in [-0.15, -0.1) is 0 Å². The van der Waals surface area contributed by atoms with Crippen LogP contribution in [-0.4, -0.2) is 29.3 Å². The number of carboxylic acid groups (broad SMARTS) is 1. The molecule has 0 radical (unpaired) electrons. The Morgan fingerprint density at radius 2 is 2.25 bits per heavy atom. The van der Waals surface area contributed by atoms with Gasteiger partial charge in [0.2, 0.25) is 0 Å². The van der Waals surface area contributed by atoms with Crippen molar-refractivity contribution in [2.75, 3.05) is 18.0 Å². The number of carboxylic acids is 1. The van der Waals surface area contributed by atoms with E-state index in [2.05, 4.69) is 0 Å². The quantitative estimate of drug-likeness (QED) is 0.799. The highest BCUT2D eigenvalue weighted by molar-refractivity contribution is 5.72. The van der Waals surface area contributed by atoms with Crippen molar-refractivity contribution in [3.05, 3.63) is 24.0 Å². The van der Waals surface area contributed by atoms with Crippen LogP contribution >= 0.6 is 0 Å². The second-order valence-corrected chi connectivity index (χ2v) is 3.91. The third-order valence-electron chi connectivity index (χ3n) is 2.81. The number of benzene rings is 1. The molecule has 0 amide bonds. The zero-order valence-electron chi connectivity index (χ0n) is 8.56. The third kappa shape index (κ3) is 1.93. The van der Waals surface area contributed by atoms with Gasteiger partial charge in [-0.2, -0.15) is 0 Å². The van der Waals surface area contributed by atoms with E-state index in [9.17, 15) is 14.3 Å². The highest BCUT2D eigenvalue weighted by Gasteiger charge is 2.29. The first-order chi connectivity index (χ1) is 7.58. The summed E-state index contributed by atoms with van der Waals surface area (Å²) in [6.07, 6.45) is 0.504. The van der Waals surface area contributed by atoms with Gasteiger partial charge in [-0.1, -0.05) is 0 Å². The number of carbonyl (C=O) groups is 1. The number of aliphatic carboxylic acids is 1. The molecule has 0 aliphatic carbocycles. The number of phenols is 1. The molecule has 1 fully saturated rings. The van der Waals surface area contributed by atoms with Gasteiger partial charge in [0.1, 0.15) is 11.6 Å². The number of phenolic OH excluding ortho intramolecular Hbond substituents is 1. The van der Waals surface area contributed by atoms with E-state index in [0.717, 1.165) is 0 Å². The van der Waals surface area contributed by atoms with Crippen molar-refractivity contribution in [2.45, 2.75) is 6.42 Å². The summed E-state index contributed by atoms with van der Waals surface area (Å²) in [4.78, 5) is 12.4. The number of halogens is 1. The summed E-state index contributed by atoms with van der Waals surface area (Å²) in [5, 5.41) is 18.1. The van der Waals surface area contributed by atoms with Crippen molar-refractivity contribution < 1.29 is 19.4 Å². The molecule has 0 saturated carbocycles. The van der Waals surface area contributed by atoms with Crippen LogP contribution in [0, 0.1) is 11.7 Å². The van der Waals surface area contributed by atoms with E-state index in [4.69, 9.17) is 5.11 Å². The Balaban J connectivity index is 2.20. The highest BCUT2D eigenvalue weighted by atomic mass is 19.1. The first-order valence-corrected chi connectivity index (χ1v) is 5.04. The average molecular weight is 225 g/mol. The Morgan fingerprint density at radius 1 is 1.50 bits per heavy atom. The molecule has 1 heterocycles. The van der Waals surface area contributed by atoms with Crippen LogP contribution in [0.3, 0.4) is 0 Å². The standard InChI is InChI=1S/C11H12FNO3/c12-9-2-1-8(14)5-10(9)13-4-3-7(6-13)11(15)16/h1-2,5,7,14H,3-4,6H2,(H,15,16). The molecule has 1 aliphatic heterocycles. The second kappa shape index (κ2) is 4.00. The predicted molar refractivity (Wildman–Crippen MR) is 56.0 cm³/mol. The van der Waals surface area contributed by atoms with Crippen LogP contribution in [0.2, 0.25) is 0 Å². The summed E-state index contributed by atoms with van der Waals surface area (Å²) in [6.45, 7) is 0.785. The summed E-state index contributed by atoms with van der Waals surface area (Å²) < 4.78 is 13.4. The Kier molecular flexibility index (Phi) is 2.68. The Labute approximate surface area is 91.9 Å². The maximum atomic E-state index is 13.4. The van der Waals surface area contributed by atoms with Crippen LogP contribution in [-0.2, 0) is 4.79 Å². The van der Waals surface area contributed by atoms with Crippen molar-refractivity contribution in [3.63, 3.8) is 0 Å². The molecule has 1 aliphatic rings. The summed E-state index contributed by atoms with van der Waals surface area (Å²) in [5.74, 6) is -1.77. The topological polar surface area (TPSA) is 60.8 Å². The first-order valence-electron chi connectivity index (χ1n) is 5.04. The zero-order chi connectivity index (χ0) is 11.7. The van der Waals surface area contributed by atoms with Crippen LogP contribution in [0.4, 0.5) is 10.1 Å². The van der Waals surface area contributed by atoms with Gasteiger partial charge in [0.15, 0.2) is 0 Å². The van der Waals surface area contributed by atoms with E-state index >= 15 is 0 Å². The van der Waals surface area contributed by atoms with Crippen molar-refractivity contribution >= 4 is 11.7 Å².